The van der Waals surface area contributed by atoms with Crippen molar-refractivity contribution in [3.8, 4) is 0 Å². The van der Waals surface area contributed by atoms with E-state index in [2.05, 4.69) is 16.9 Å². The molecule has 2 aromatic rings. The number of nitrogens with one attached hydrogen (secondary N) is 1. The number of imidazole rings is 1. The molecule has 2 aromatic heterocycles. The number of nitrogens with zero attached hydrogens (tertiary/aromatic N) is 3. The Morgan fingerprint density at radius 2 is 2.04 bits per heavy atom. The molecule has 0 radical (unpaired) electrons. The highest BCUT2D eigenvalue weighted by molar-refractivity contribution is 7.99. The highest BCUT2D eigenvalue weighted by atomic mass is 32.2. The molecule has 0 spiro atoms. The zero-order valence-electron chi connectivity index (χ0n) is 14.0. The van der Waals surface area contributed by atoms with Gasteiger partial charge in [-0.1, -0.05) is 37.9 Å². The van der Waals surface area contributed by atoms with Gasteiger partial charge in [0.1, 0.15) is 0 Å². The third-order valence-electron chi connectivity index (χ3n) is 3.82. The topological polar surface area (TPSA) is 113 Å². The molecule has 1 atom stereocenters. The standard InChI is InChI=1S/C15H24N4O4S/c1-3-4-5-6-7-19-11-12(18(2)14(23)17-13(11)22)16-15(19)24-9-10(21)8-20/h10,20-21H,3-9H2,1-2H3,(H,17,22,23)/t10-/m0/s1. The number of unbranched alkanes of at least 4 members (excludes halogenated alkanes) is 3. The summed E-state index contributed by atoms with van der Waals surface area (Å²) in [6, 6.07) is 0. The zero-order valence-corrected chi connectivity index (χ0v) is 14.8. The second-order valence-corrected chi connectivity index (χ2v) is 6.73. The largest absolute Gasteiger partial charge is 0.394 e. The van der Waals surface area contributed by atoms with Gasteiger partial charge in [0.25, 0.3) is 5.56 Å². The average molecular weight is 356 g/mol. The maximum atomic E-state index is 12.2. The first kappa shape index (κ1) is 18.8. The number of aryl methyl sites for hydroxylation is 2. The molecule has 0 aliphatic rings. The SMILES string of the molecule is CCCCCCn1c(SC[C@@H](O)CO)nc2c1c(=O)[nH]c(=O)n2C. The van der Waals surface area contributed by atoms with Crippen LogP contribution in [-0.4, -0.2) is 47.8 Å². The van der Waals surface area contributed by atoms with Crippen LogP contribution < -0.4 is 11.2 Å². The number of hydrogen-bond acceptors (Lipinski definition) is 6. The predicted octanol–water partition coefficient (Wildman–Crippen LogP) is 0.449. The van der Waals surface area contributed by atoms with Crippen molar-refractivity contribution < 1.29 is 10.2 Å². The Hall–Kier alpha value is -1.58. The van der Waals surface area contributed by atoms with E-state index < -0.39 is 17.4 Å². The van der Waals surface area contributed by atoms with Crippen LogP contribution in [0.5, 0.6) is 0 Å². The number of H-pyrrole nitrogens is 1. The minimum Gasteiger partial charge on any atom is -0.394 e. The van der Waals surface area contributed by atoms with E-state index in [9.17, 15) is 14.7 Å². The number of aromatic nitrogens is 4. The van der Waals surface area contributed by atoms with Crippen LogP contribution >= 0.6 is 11.8 Å². The maximum Gasteiger partial charge on any atom is 0.329 e. The monoisotopic (exact) mass is 356 g/mol. The van der Waals surface area contributed by atoms with Gasteiger partial charge in [-0.3, -0.25) is 14.3 Å². The molecule has 3 N–H and O–H groups in total. The van der Waals surface area contributed by atoms with Gasteiger partial charge in [-0.15, -0.1) is 0 Å². The number of aromatic amines is 1. The minimum absolute atomic E-state index is 0.265. The van der Waals surface area contributed by atoms with E-state index in [1.54, 1.807) is 11.6 Å². The maximum absolute atomic E-state index is 12.2. The second-order valence-electron chi connectivity index (χ2n) is 5.74. The Bertz CT molecular complexity index is 795. The number of aliphatic hydroxyl groups excluding tert-OH is 2. The summed E-state index contributed by atoms with van der Waals surface area (Å²) in [5.41, 5.74) is -0.254. The van der Waals surface area contributed by atoms with E-state index in [0.717, 1.165) is 25.7 Å². The highest BCUT2D eigenvalue weighted by Crippen LogP contribution is 2.23. The molecular formula is C15H24N4O4S. The first-order chi connectivity index (χ1) is 11.5. The molecular weight excluding hydrogens is 332 g/mol. The molecule has 9 heteroatoms. The predicted molar refractivity (Wildman–Crippen MR) is 93.6 cm³/mol. The van der Waals surface area contributed by atoms with Crippen LogP contribution in [0.15, 0.2) is 14.7 Å². The Kier molecular flexibility index (Phi) is 6.64. The third-order valence-corrected chi connectivity index (χ3v) is 4.94. The van der Waals surface area contributed by atoms with E-state index in [0.29, 0.717) is 22.9 Å². The highest BCUT2D eigenvalue weighted by Gasteiger charge is 2.18. The molecule has 2 rings (SSSR count). The van der Waals surface area contributed by atoms with Gasteiger partial charge in [0.05, 0.1) is 12.7 Å². The molecule has 0 aliphatic carbocycles. The van der Waals surface area contributed by atoms with Crippen molar-refractivity contribution in [1.82, 2.24) is 19.1 Å². The fraction of sp³-hybridized carbons (Fsp3) is 0.667. The summed E-state index contributed by atoms with van der Waals surface area (Å²) >= 11 is 1.27. The number of aliphatic hydroxyl groups is 2. The average Bonchev–Trinajstić information content (AvgIpc) is 2.93. The zero-order chi connectivity index (χ0) is 17.7. The number of rotatable bonds is 9. The minimum atomic E-state index is -0.856. The summed E-state index contributed by atoms with van der Waals surface area (Å²) in [5.74, 6) is 0.265. The van der Waals surface area contributed by atoms with Crippen molar-refractivity contribution in [2.24, 2.45) is 7.05 Å². The van der Waals surface area contributed by atoms with Gasteiger partial charge >= 0.3 is 5.69 Å². The molecule has 0 fully saturated rings. The lowest BCUT2D eigenvalue weighted by molar-refractivity contribution is 0.113. The normalized spacial score (nSPS) is 12.8. The Balaban J connectivity index is 2.41. The summed E-state index contributed by atoms with van der Waals surface area (Å²) in [4.78, 5) is 30.7. The molecule has 134 valence electrons. The summed E-state index contributed by atoms with van der Waals surface area (Å²) in [6.45, 7) is 2.42. The lowest BCUT2D eigenvalue weighted by Gasteiger charge is -2.10. The number of fused-ring (bicyclic) bond motifs is 1. The molecule has 0 saturated carbocycles. The lowest BCUT2D eigenvalue weighted by atomic mass is 10.2. The molecule has 0 aliphatic heterocycles. The summed E-state index contributed by atoms with van der Waals surface area (Å²) in [5, 5.41) is 19.1. The van der Waals surface area contributed by atoms with Gasteiger partial charge in [0, 0.05) is 19.3 Å². The van der Waals surface area contributed by atoms with E-state index in [4.69, 9.17) is 5.11 Å². The van der Waals surface area contributed by atoms with Crippen molar-refractivity contribution in [2.75, 3.05) is 12.4 Å². The molecule has 0 unspecified atom stereocenters. The fourth-order valence-electron chi connectivity index (χ4n) is 2.45. The summed E-state index contributed by atoms with van der Waals surface area (Å²) < 4.78 is 3.11. The smallest absolute Gasteiger partial charge is 0.329 e. The van der Waals surface area contributed by atoms with E-state index >= 15 is 0 Å². The summed E-state index contributed by atoms with van der Waals surface area (Å²) in [7, 11) is 1.56. The second kappa shape index (κ2) is 8.50. The first-order valence-electron chi connectivity index (χ1n) is 8.10. The quantitative estimate of drug-likeness (QED) is 0.444. The number of hydrogen-bond donors (Lipinski definition) is 3. The van der Waals surface area contributed by atoms with Gasteiger partial charge in [0.15, 0.2) is 16.3 Å². The molecule has 0 saturated heterocycles. The fourth-order valence-corrected chi connectivity index (χ4v) is 3.39. The van der Waals surface area contributed by atoms with Gasteiger partial charge < -0.3 is 14.8 Å². The van der Waals surface area contributed by atoms with Crippen LogP contribution in [0, 0.1) is 0 Å². The van der Waals surface area contributed by atoms with Crippen LogP contribution in [-0.2, 0) is 13.6 Å². The van der Waals surface area contributed by atoms with Crippen LogP contribution in [0.4, 0.5) is 0 Å². The van der Waals surface area contributed by atoms with Crippen LogP contribution in [0.25, 0.3) is 11.2 Å². The van der Waals surface area contributed by atoms with Gasteiger partial charge in [0.2, 0.25) is 0 Å². The van der Waals surface area contributed by atoms with Gasteiger partial charge in [-0.05, 0) is 6.42 Å². The van der Waals surface area contributed by atoms with E-state index in [1.807, 2.05) is 0 Å². The molecule has 24 heavy (non-hydrogen) atoms. The van der Waals surface area contributed by atoms with Crippen LogP contribution in [0.1, 0.15) is 32.6 Å². The van der Waals surface area contributed by atoms with E-state index in [1.165, 1.54) is 16.3 Å². The van der Waals surface area contributed by atoms with Crippen molar-refractivity contribution in [3.05, 3.63) is 20.8 Å². The van der Waals surface area contributed by atoms with Crippen LogP contribution in [0.3, 0.4) is 0 Å². The van der Waals surface area contributed by atoms with Crippen LogP contribution in [0.2, 0.25) is 0 Å². The first-order valence-corrected chi connectivity index (χ1v) is 9.09. The number of thioether (sulfide) groups is 1. The van der Waals surface area contributed by atoms with Crippen molar-refractivity contribution in [1.29, 1.82) is 0 Å². The van der Waals surface area contributed by atoms with Gasteiger partial charge in [-0.25, -0.2) is 9.78 Å². The Morgan fingerprint density at radius 3 is 2.71 bits per heavy atom. The molecule has 8 nitrogen and oxygen atoms in total. The Labute approximate surface area is 143 Å². The van der Waals surface area contributed by atoms with Gasteiger partial charge in [-0.2, -0.15) is 0 Å². The third kappa shape index (κ3) is 4.08. The van der Waals surface area contributed by atoms with Crippen molar-refractivity contribution >= 4 is 22.9 Å². The lowest BCUT2D eigenvalue weighted by Crippen LogP contribution is -2.29. The summed E-state index contributed by atoms with van der Waals surface area (Å²) in [6.07, 6.45) is 3.32. The molecule has 0 amide bonds. The Morgan fingerprint density at radius 1 is 1.29 bits per heavy atom. The van der Waals surface area contributed by atoms with Crippen molar-refractivity contribution in [3.63, 3.8) is 0 Å². The molecule has 0 bridgehead atoms. The molecule has 2 heterocycles. The van der Waals surface area contributed by atoms with E-state index in [-0.39, 0.29) is 12.4 Å². The molecule has 0 aromatic carbocycles. The van der Waals surface area contributed by atoms with Crippen molar-refractivity contribution in [2.45, 2.75) is 50.4 Å².